The molecule has 31 heavy (non-hydrogen) atoms. The van der Waals surface area contributed by atoms with E-state index in [0.717, 1.165) is 61.2 Å². The number of ether oxygens (including phenoxy) is 1. The molecule has 0 unspecified atom stereocenters. The Labute approximate surface area is 183 Å². The molecule has 6 heteroatoms. The van der Waals surface area contributed by atoms with Gasteiger partial charge in [0.05, 0.1) is 6.10 Å². The summed E-state index contributed by atoms with van der Waals surface area (Å²) in [6, 6.07) is 13.2. The second-order valence-corrected chi connectivity index (χ2v) is 9.18. The van der Waals surface area contributed by atoms with E-state index in [1.54, 1.807) is 6.07 Å². The van der Waals surface area contributed by atoms with Crippen LogP contribution in [0.3, 0.4) is 0 Å². The van der Waals surface area contributed by atoms with E-state index in [9.17, 15) is 9.18 Å². The molecule has 5 rings (SSSR count). The van der Waals surface area contributed by atoms with Gasteiger partial charge >= 0.3 is 6.03 Å². The molecule has 3 aliphatic rings. The first kappa shape index (κ1) is 20.3. The van der Waals surface area contributed by atoms with Crippen molar-refractivity contribution in [3.63, 3.8) is 0 Å². The molecule has 1 saturated carbocycles. The fourth-order valence-electron chi connectivity index (χ4n) is 4.59. The number of carbonyl (C=O) groups is 1. The first-order valence-electron chi connectivity index (χ1n) is 11.3. The number of nitrogens with zero attached hydrogens (tertiary/aromatic N) is 3. The Morgan fingerprint density at radius 1 is 0.968 bits per heavy atom. The van der Waals surface area contributed by atoms with Crippen LogP contribution in [0.1, 0.15) is 42.4 Å². The first-order valence-corrected chi connectivity index (χ1v) is 11.3. The van der Waals surface area contributed by atoms with Crippen LogP contribution < -0.4 is 4.74 Å². The van der Waals surface area contributed by atoms with Gasteiger partial charge in [0.2, 0.25) is 0 Å². The van der Waals surface area contributed by atoms with Gasteiger partial charge in [0.15, 0.2) is 0 Å². The van der Waals surface area contributed by atoms with E-state index in [2.05, 4.69) is 11.9 Å². The largest absolute Gasteiger partial charge is 0.490 e. The van der Waals surface area contributed by atoms with Crippen molar-refractivity contribution >= 4 is 6.03 Å². The Hall–Kier alpha value is -2.60. The van der Waals surface area contributed by atoms with Gasteiger partial charge in [-0.1, -0.05) is 18.2 Å². The summed E-state index contributed by atoms with van der Waals surface area (Å²) in [6.45, 7) is 3.46. The average Bonchev–Trinajstić information content (AvgIpc) is 3.59. The zero-order valence-electron chi connectivity index (χ0n) is 18.1. The minimum atomic E-state index is -0.250. The molecule has 2 fully saturated rings. The Kier molecular flexibility index (Phi) is 5.57. The SMILES string of the molecule is CN1CCC(N2Cc3ccc(F)cc3CN(Cc3ccc(OC4CC4)cc3)C2=O)CC1. The first-order chi connectivity index (χ1) is 15.0. The molecule has 1 aliphatic carbocycles. The van der Waals surface area contributed by atoms with Gasteiger partial charge in [0.1, 0.15) is 11.6 Å². The predicted molar refractivity (Wildman–Crippen MR) is 117 cm³/mol. The average molecular weight is 424 g/mol. The van der Waals surface area contributed by atoms with E-state index >= 15 is 0 Å². The number of hydrogen-bond donors (Lipinski definition) is 0. The second kappa shape index (κ2) is 8.50. The third-order valence-corrected chi connectivity index (χ3v) is 6.64. The number of piperidine rings is 1. The summed E-state index contributed by atoms with van der Waals surface area (Å²) < 4.78 is 19.8. The lowest BCUT2D eigenvalue weighted by atomic mass is 10.0. The molecule has 2 amide bonds. The fourth-order valence-corrected chi connectivity index (χ4v) is 4.59. The summed E-state index contributed by atoms with van der Waals surface area (Å²) in [5.74, 6) is 0.634. The molecule has 2 aliphatic heterocycles. The maximum Gasteiger partial charge on any atom is 0.321 e. The van der Waals surface area contributed by atoms with Crippen LogP contribution in [0.4, 0.5) is 9.18 Å². The normalized spacial score (nSPS) is 20.5. The summed E-state index contributed by atoms with van der Waals surface area (Å²) in [5, 5.41) is 0. The van der Waals surface area contributed by atoms with Crippen molar-refractivity contribution in [2.45, 2.75) is 57.5 Å². The van der Waals surface area contributed by atoms with Crippen molar-refractivity contribution in [3.05, 3.63) is 65.0 Å². The van der Waals surface area contributed by atoms with Crippen LogP contribution in [-0.2, 0) is 19.6 Å². The molecule has 2 aromatic carbocycles. The molecule has 0 radical (unpaired) electrons. The van der Waals surface area contributed by atoms with Crippen molar-refractivity contribution < 1.29 is 13.9 Å². The number of halogens is 1. The van der Waals surface area contributed by atoms with Crippen LogP contribution >= 0.6 is 0 Å². The molecule has 0 N–H and O–H groups in total. The molecule has 5 nitrogen and oxygen atoms in total. The van der Waals surface area contributed by atoms with Crippen LogP contribution in [0.25, 0.3) is 0 Å². The second-order valence-electron chi connectivity index (χ2n) is 9.18. The summed E-state index contributed by atoms with van der Waals surface area (Å²) >= 11 is 0. The molecular weight excluding hydrogens is 393 g/mol. The van der Waals surface area contributed by atoms with Gasteiger partial charge in [0.25, 0.3) is 0 Å². The van der Waals surface area contributed by atoms with E-state index in [-0.39, 0.29) is 17.9 Å². The van der Waals surface area contributed by atoms with Gasteiger partial charge in [-0.05, 0) is 86.8 Å². The number of fused-ring (bicyclic) bond motifs is 1. The summed E-state index contributed by atoms with van der Waals surface area (Å²) in [7, 11) is 2.13. The molecule has 0 spiro atoms. The highest BCUT2D eigenvalue weighted by Gasteiger charge is 2.33. The highest BCUT2D eigenvalue weighted by Crippen LogP contribution is 2.29. The third kappa shape index (κ3) is 4.69. The van der Waals surface area contributed by atoms with E-state index in [1.807, 2.05) is 40.1 Å². The Bertz CT molecular complexity index is 936. The van der Waals surface area contributed by atoms with Crippen molar-refractivity contribution in [3.8, 4) is 5.75 Å². The molecule has 0 aromatic heterocycles. The number of likely N-dealkylation sites (tertiary alicyclic amines) is 1. The lowest BCUT2D eigenvalue weighted by Crippen LogP contribution is -2.49. The maximum atomic E-state index is 14.0. The molecule has 1 saturated heterocycles. The smallest absolute Gasteiger partial charge is 0.321 e. The minimum absolute atomic E-state index is 0.0458. The number of amides is 2. The molecule has 2 heterocycles. The monoisotopic (exact) mass is 423 g/mol. The van der Waals surface area contributed by atoms with Crippen LogP contribution in [0.5, 0.6) is 5.75 Å². The molecule has 2 aromatic rings. The highest BCUT2D eigenvalue weighted by molar-refractivity contribution is 5.75. The van der Waals surface area contributed by atoms with Crippen molar-refractivity contribution in [2.24, 2.45) is 0 Å². The van der Waals surface area contributed by atoms with Crippen LogP contribution in [-0.4, -0.2) is 53.0 Å². The Balaban J connectivity index is 1.38. The maximum absolute atomic E-state index is 14.0. The minimum Gasteiger partial charge on any atom is -0.490 e. The van der Waals surface area contributed by atoms with Gasteiger partial charge in [-0.15, -0.1) is 0 Å². The van der Waals surface area contributed by atoms with Crippen LogP contribution in [0, 0.1) is 5.82 Å². The molecule has 0 bridgehead atoms. The zero-order valence-corrected chi connectivity index (χ0v) is 18.1. The van der Waals surface area contributed by atoms with Crippen molar-refractivity contribution in [2.75, 3.05) is 20.1 Å². The molecule has 164 valence electrons. The highest BCUT2D eigenvalue weighted by atomic mass is 19.1. The lowest BCUT2D eigenvalue weighted by molar-refractivity contribution is 0.101. The Morgan fingerprint density at radius 2 is 1.71 bits per heavy atom. The lowest BCUT2D eigenvalue weighted by Gasteiger charge is -2.38. The van der Waals surface area contributed by atoms with E-state index in [4.69, 9.17) is 4.74 Å². The zero-order chi connectivity index (χ0) is 21.4. The predicted octanol–water partition coefficient (Wildman–Crippen LogP) is 4.40. The number of hydrogen-bond acceptors (Lipinski definition) is 3. The van der Waals surface area contributed by atoms with Crippen molar-refractivity contribution in [1.82, 2.24) is 14.7 Å². The molecular formula is C25H30FN3O2. The summed E-state index contributed by atoms with van der Waals surface area (Å²) in [6.07, 6.45) is 4.58. The topological polar surface area (TPSA) is 36.0 Å². The standard InChI is InChI=1S/C25H30FN3O2/c1-27-12-10-22(11-13-27)29-17-19-4-5-21(26)14-20(19)16-28(25(29)30)15-18-2-6-23(7-3-18)31-24-8-9-24/h2-7,14,22,24H,8-13,15-17H2,1H3. The Morgan fingerprint density at radius 3 is 2.42 bits per heavy atom. The number of rotatable bonds is 5. The van der Waals surface area contributed by atoms with E-state index in [0.29, 0.717) is 25.7 Å². The number of benzene rings is 2. The van der Waals surface area contributed by atoms with E-state index in [1.165, 1.54) is 6.07 Å². The summed E-state index contributed by atoms with van der Waals surface area (Å²) in [4.78, 5) is 19.8. The van der Waals surface area contributed by atoms with E-state index < -0.39 is 0 Å². The van der Waals surface area contributed by atoms with Gasteiger partial charge in [-0.25, -0.2) is 9.18 Å². The number of urea groups is 1. The van der Waals surface area contributed by atoms with Crippen molar-refractivity contribution in [1.29, 1.82) is 0 Å². The van der Waals surface area contributed by atoms with Gasteiger partial charge in [-0.2, -0.15) is 0 Å². The fraction of sp³-hybridized carbons (Fsp3) is 0.480. The van der Waals surface area contributed by atoms with Gasteiger partial charge < -0.3 is 19.4 Å². The van der Waals surface area contributed by atoms with Gasteiger partial charge in [-0.3, -0.25) is 0 Å². The quantitative estimate of drug-likeness (QED) is 0.715. The third-order valence-electron chi connectivity index (χ3n) is 6.64. The van der Waals surface area contributed by atoms with Crippen LogP contribution in [0.15, 0.2) is 42.5 Å². The van der Waals surface area contributed by atoms with Crippen LogP contribution in [0.2, 0.25) is 0 Å². The van der Waals surface area contributed by atoms with Gasteiger partial charge in [0, 0.05) is 25.7 Å². The number of carbonyl (C=O) groups excluding carboxylic acids is 1. The summed E-state index contributed by atoms with van der Waals surface area (Å²) in [5.41, 5.74) is 3.00. The molecule has 0 atom stereocenters.